The number of amides is 2. The summed E-state index contributed by atoms with van der Waals surface area (Å²) in [5, 5.41) is 2.77. The molecular weight excluding hydrogens is 282 g/mol. The van der Waals surface area contributed by atoms with Crippen LogP contribution in [0.3, 0.4) is 0 Å². The van der Waals surface area contributed by atoms with Crippen LogP contribution < -0.4 is 11.1 Å². The Balaban J connectivity index is 1.98. The first-order valence-electron chi connectivity index (χ1n) is 8.13. The minimum Gasteiger partial charge on any atom is -0.363 e. The number of carbonyl (C=O) groups is 3. The number of nitrogens with zero attached hydrogens (tertiary/aromatic N) is 1. The monoisotopic (exact) mass is 309 g/mol. The summed E-state index contributed by atoms with van der Waals surface area (Å²) < 4.78 is 0. The first-order chi connectivity index (χ1) is 10.3. The molecule has 0 radical (unpaired) electrons. The summed E-state index contributed by atoms with van der Waals surface area (Å²) in [5.41, 5.74) is 5.10. The maximum Gasteiger partial charge on any atom is 0.287 e. The molecule has 2 unspecified atom stereocenters. The Labute approximate surface area is 131 Å². The molecule has 2 amide bonds. The fourth-order valence-electron chi connectivity index (χ4n) is 3.19. The third kappa shape index (κ3) is 4.06. The van der Waals surface area contributed by atoms with E-state index in [4.69, 9.17) is 5.73 Å². The molecule has 3 atom stereocenters. The summed E-state index contributed by atoms with van der Waals surface area (Å²) in [6.07, 6.45) is 3.42. The molecule has 1 saturated heterocycles. The maximum absolute atomic E-state index is 12.5. The highest BCUT2D eigenvalue weighted by Gasteiger charge is 2.38. The van der Waals surface area contributed by atoms with E-state index in [0.29, 0.717) is 24.2 Å². The molecule has 0 spiro atoms. The highest BCUT2D eigenvalue weighted by atomic mass is 16.2. The van der Waals surface area contributed by atoms with Crippen LogP contribution in [-0.2, 0) is 14.4 Å². The molecule has 6 nitrogen and oxygen atoms in total. The average Bonchev–Trinajstić information content (AvgIpc) is 3.16. The predicted molar refractivity (Wildman–Crippen MR) is 82.8 cm³/mol. The van der Waals surface area contributed by atoms with Crippen LogP contribution in [0.1, 0.15) is 39.5 Å². The summed E-state index contributed by atoms with van der Waals surface area (Å²) in [4.78, 5) is 37.6. The molecule has 2 fully saturated rings. The van der Waals surface area contributed by atoms with Crippen molar-refractivity contribution in [1.29, 1.82) is 0 Å². The molecule has 3 N–H and O–H groups in total. The van der Waals surface area contributed by atoms with Crippen molar-refractivity contribution in [3.8, 4) is 0 Å². The molecule has 22 heavy (non-hydrogen) atoms. The average molecular weight is 309 g/mol. The van der Waals surface area contributed by atoms with Crippen LogP contribution in [0.5, 0.6) is 0 Å². The Morgan fingerprint density at radius 3 is 2.36 bits per heavy atom. The molecule has 2 rings (SSSR count). The molecule has 2 aliphatic rings. The molecule has 1 aliphatic carbocycles. The van der Waals surface area contributed by atoms with Gasteiger partial charge in [-0.2, -0.15) is 0 Å². The van der Waals surface area contributed by atoms with Gasteiger partial charge in [0.15, 0.2) is 0 Å². The van der Waals surface area contributed by atoms with Crippen LogP contribution in [-0.4, -0.2) is 48.2 Å². The highest BCUT2D eigenvalue weighted by molar-refractivity contribution is 6.37. The highest BCUT2D eigenvalue weighted by Crippen LogP contribution is 2.34. The van der Waals surface area contributed by atoms with Crippen molar-refractivity contribution < 1.29 is 14.4 Å². The number of nitrogens with one attached hydrogen (secondary N) is 1. The van der Waals surface area contributed by atoms with Gasteiger partial charge in [-0.25, -0.2) is 0 Å². The van der Waals surface area contributed by atoms with Crippen molar-refractivity contribution in [2.45, 2.75) is 51.6 Å². The number of primary amides is 1. The third-order valence-corrected chi connectivity index (χ3v) is 4.97. The number of hydrogen-bond acceptors (Lipinski definition) is 4. The Kier molecular flexibility index (Phi) is 5.21. The minimum atomic E-state index is -0.967. The zero-order chi connectivity index (χ0) is 16.4. The lowest BCUT2D eigenvalue weighted by Crippen LogP contribution is -2.51. The molecule has 0 aromatic heterocycles. The van der Waals surface area contributed by atoms with Crippen molar-refractivity contribution in [2.75, 3.05) is 13.6 Å². The third-order valence-electron chi connectivity index (χ3n) is 4.97. The lowest BCUT2D eigenvalue weighted by atomic mass is 9.93. The number of Topliss-reactive ketones (excluding diaryl/α,β-unsaturated/α-hetero) is 1. The first-order valence-corrected chi connectivity index (χ1v) is 8.13. The van der Waals surface area contributed by atoms with E-state index in [2.05, 4.69) is 19.2 Å². The summed E-state index contributed by atoms with van der Waals surface area (Å²) in [7, 11) is 1.93. The normalized spacial score (nSPS) is 26.9. The van der Waals surface area contributed by atoms with Gasteiger partial charge in [-0.1, -0.05) is 26.7 Å². The van der Waals surface area contributed by atoms with Gasteiger partial charge < -0.3 is 11.1 Å². The Hall–Kier alpha value is -1.43. The lowest BCUT2D eigenvalue weighted by Gasteiger charge is -2.22. The lowest BCUT2D eigenvalue weighted by molar-refractivity contribution is -0.139. The van der Waals surface area contributed by atoms with Crippen LogP contribution in [0, 0.1) is 17.8 Å². The SMILES string of the molecule is CC(C)[C@@H]1CC(C(=O)NC(CC2CC2)C(=O)C(N)=O)N(C)C1. The molecule has 0 aromatic carbocycles. The Morgan fingerprint density at radius 1 is 1.27 bits per heavy atom. The molecular formula is C16H27N3O3. The van der Waals surface area contributed by atoms with E-state index in [1.807, 2.05) is 11.9 Å². The van der Waals surface area contributed by atoms with Crippen LogP contribution >= 0.6 is 0 Å². The van der Waals surface area contributed by atoms with E-state index in [1.165, 1.54) is 0 Å². The summed E-state index contributed by atoms with van der Waals surface area (Å²) in [6.45, 7) is 5.20. The Bertz CT molecular complexity index is 460. The zero-order valence-electron chi connectivity index (χ0n) is 13.7. The largest absolute Gasteiger partial charge is 0.363 e. The fourth-order valence-corrected chi connectivity index (χ4v) is 3.19. The quantitative estimate of drug-likeness (QED) is 0.662. The fraction of sp³-hybridized carbons (Fsp3) is 0.812. The van der Waals surface area contributed by atoms with E-state index >= 15 is 0 Å². The van der Waals surface area contributed by atoms with E-state index in [9.17, 15) is 14.4 Å². The van der Waals surface area contributed by atoms with Crippen LogP contribution in [0.4, 0.5) is 0 Å². The van der Waals surface area contributed by atoms with Gasteiger partial charge in [-0.05, 0) is 37.6 Å². The first kappa shape index (κ1) is 16.9. The molecule has 124 valence electrons. The van der Waals surface area contributed by atoms with Crippen molar-refractivity contribution >= 4 is 17.6 Å². The van der Waals surface area contributed by atoms with Gasteiger partial charge in [0.1, 0.15) is 0 Å². The second-order valence-corrected chi connectivity index (χ2v) is 7.16. The maximum atomic E-state index is 12.5. The topological polar surface area (TPSA) is 92.5 Å². The van der Waals surface area contributed by atoms with Crippen LogP contribution in [0.25, 0.3) is 0 Å². The predicted octanol–water partition coefficient (Wildman–Crippen LogP) is 0.302. The number of nitrogens with two attached hydrogens (primary N) is 1. The van der Waals surface area contributed by atoms with Crippen LogP contribution in [0.15, 0.2) is 0 Å². The van der Waals surface area contributed by atoms with Gasteiger partial charge in [-0.3, -0.25) is 19.3 Å². The second-order valence-electron chi connectivity index (χ2n) is 7.16. The van der Waals surface area contributed by atoms with E-state index in [1.54, 1.807) is 0 Å². The van der Waals surface area contributed by atoms with E-state index in [-0.39, 0.29) is 11.9 Å². The number of carbonyl (C=O) groups excluding carboxylic acids is 3. The van der Waals surface area contributed by atoms with E-state index < -0.39 is 17.7 Å². The van der Waals surface area contributed by atoms with E-state index in [0.717, 1.165) is 25.8 Å². The van der Waals surface area contributed by atoms with Gasteiger partial charge >= 0.3 is 0 Å². The molecule has 1 aliphatic heterocycles. The molecule has 1 heterocycles. The molecule has 0 aromatic rings. The van der Waals surface area contributed by atoms with Gasteiger partial charge in [0.25, 0.3) is 5.91 Å². The molecule has 0 bridgehead atoms. The number of hydrogen-bond donors (Lipinski definition) is 2. The number of likely N-dealkylation sites (N-methyl/N-ethyl adjacent to an activating group) is 1. The van der Waals surface area contributed by atoms with Crippen molar-refractivity contribution in [3.05, 3.63) is 0 Å². The summed E-state index contributed by atoms with van der Waals surface area (Å²) in [6, 6.07) is -0.987. The zero-order valence-corrected chi connectivity index (χ0v) is 13.7. The molecule has 1 saturated carbocycles. The standard InChI is InChI=1S/C16H27N3O3/c1-9(2)11-7-13(19(3)8-11)16(22)18-12(6-10-4-5-10)14(20)15(17)21/h9-13H,4-8H2,1-3H3,(H2,17,21)(H,18,22)/t11-,12?,13?/m1/s1. The van der Waals surface area contributed by atoms with Gasteiger partial charge in [0.2, 0.25) is 11.7 Å². The smallest absolute Gasteiger partial charge is 0.287 e. The molecule has 6 heteroatoms. The summed E-state index contributed by atoms with van der Waals surface area (Å²) in [5.74, 6) is -0.374. The van der Waals surface area contributed by atoms with Crippen molar-refractivity contribution in [2.24, 2.45) is 23.5 Å². The van der Waals surface area contributed by atoms with Crippen molar-refractivity contribution in [3.63, 3.8) is 0 Å². The van der Waals surface area contributed by atoms with Gasteiger partial charge in [-0.15, -0.1) is 0 Å². The number of likely N-dealkylation sites (tertiary alicyclic amines) is 1. The van der Waals surface area contributed by atoms with Crippen molar-refractivity contribution in [1.82, 2.24) is 10.2 Å². The Morgan fingerprint density at radius 2 is 1.91 bits per heavy atom. The van der Waals surface area contributed by atoms with Gasteiger partial charge in [0, 0.05) is 6.54 Å². The number of rotatable bonds is 7. The minimum absolute atomic E-state index is 0.161. The second kappa shape index (κ2) is 6.77. The van der Waals surface area contributed by atoms with Crippen LogP contribution in [0.2, 0.25) is 0 Å². The summed E-state index contributed by atoms with van der Waals surface area (Å²) >= 11 is 0. The van der Waals surface area contributed by atoms with Gasteiger partial charge in [0.05, 0.1) is 12.1 Å². The number of ketones is 1.